The number of aliphatic carboxylic acids is 1. The van der Waals surface area contributed by atoms with Gasteiger partial charge < -0.3 is 20.1 Å². The monoisotopic (exact) mass is 486 g/mol. The molecule has 0 aromatic heterocycles. The van der Waals surface area contributed by atoms with E-state index in [1.54, 1.807) is 0 Å². The highest BCUT2D eigenvalue weighted by molar-refractivity contribution is 5.91. The van der Waals surface area contributed by atoms with Gasteiger partial charge in [0.15, 0.2) is 0 Å². The van der Waals surface area contributed by atoms with Gasteiger partial charge in [-0.25, -0.2) is 18.4 Å². The van der Waals surface area contributed by atoms with Crippen LogP contribution < -0.4 is 5.32 Å². The van der Waals surface area contributed by atoms with Crippen molar-refractivity contribution < 1.29 is 33.0 Å². The molecule has 1 saturated heterocycles. The van der Waals surface area contributed by atoms with Crippen LogP contribution >= 0.6 is 0 Å². The molecule has 2 unspecified atom stereocenters. The number of alkyl halides is 2. The van der Waals surface area contributed by atoms with Crippen molar-refractivity contribution in [3.05, 3.63) is 59.7 Å². The standard InChI is InChI=1S/C26H28F2N2O5/c1-26(24(32)33)12-6-7-13-30(26)23(31)21(14-22(27)28)29-25(34)35-15-20-18-10-4-2-8-16(18)17-9-3-5-11-19(17)20/h2-5,8-11,20-22H,6-7,12-15H2,1H3,(H,29,34)(H,32,33). The number of nitrogens with one attached hydrogen (secondary N) is 1. The average Bonchev–Trinajstić information content (AvgIpc) is 3.15. The summed E-state index contributed by atoms with van der Waals surface area (Å²) in [6, 6.07) is 13.9. The van der Waals surface area contributed by atoms with E-state index in [2.05, 4.69) is 5.32 Å². The maximum atomic E-state index is 13.3. The van der Waals surface area contributed by atoms with Crippen molar-refractivity contribution in [1.82, 2.24) is 10.2 Å². The summed E-state index contributed by atoms with van der Waals surface area (Å²) >= 11 is 0. The maximum Gasteiger partial charge on any atom is 0.407 e. The molecule has 2 atom stereocenters. The number of fused-ring (bicyclic) bond motifs is 3. The van der Waals surface area contributed by atoms with Gasteiger partial charge in [-0.05, 0) is 48.4 Å². The summed E-state index contributed by atoms with van der Waals surface area (Å²) in [5.74, 6) is -2.28. The number of hydrogen-bond acceptors (Lipinski definition) is 4. The minimum atomic E-state index is -2.88. The number of carboxylic acid groups (broad SMARTS) is 1. The van der Waals surface area contributed by atoms with E-state index in [1.165, 1.54) is 6.92 Å². The Morgan fingerprint density at radius 1 is 1.09 bits per heavy atom. The second-order valence-corrected chi connectivity index (χ2v) is 9.18. The fourth-order valence-corrected chi connectivity index (χ4v) is 5.07. The predicted octanol–water partition coefficient (Wildman–Crippen LogP) is 4.40. The van der Waals surface area contributed by atoms with Crippen LogP contribution in [0.4, 0.5) is 13.6 Å². The van der Waals surface area contributed by atoms with Crippen LogP contribution in [-0.4, -0.2) is 59.1 Å². The number of hydrogen-bond donors (Lipinski definition) is 2. The third-order valence-corrected chi connectivity index (χ3v) is 6.97. The number of halogens is 2. The predicted molar refractivity (Wildman–Crippen MR) is 124 cm³/mol. The molecule has 1 aliphatic heterocycles. The van der Waals surface area contributed by atoms with E-state index in [4.69, 9.17) is 4.74 Å². The fraction of sp³-hybridized carbons (Fsp3) is 0.423. The number of amides is 2. The molecule has 0 bridgehead atoms. The van der Waals surface area contributed by atoms with Crippen molar-refractivity contribution in [2.45, 2.75) is 56.5 Å². The van der Waals surface area contributed by atoms with Gasteiger partial charge in [-0.15, -0.1) is 0 Å². The quantitative estimate of drug-likeness (QED) is 0.605. The molecule has 1 heterocycles. The van der Waals surface area contributed by atoms with Gasteiger partial charge in [-0.3, -0.25) is 4.79 Å². The molecule has 2 amide bonds. The lowest BCUT2D eigenvalue weighted by atomic mass is 9.87. The van der Waals surface area contributed by atoms with E-state index in [1.807, 2.05) is 48.5 Å². The Labute approximate surface area is 202 Å². The first-order valence-corrected chi connectivity index (χ1v) is 11.7. The van der Waals surface area contributed by atoms with Crippen molar-refractivity contribution in [1.29, 1.82) is 0 Å². The molecule has 186 valence electrons. The van der Waals surface area contributed by atoms with E-state index in [9.17, 15) is 28.3 Å². The number of carbonyl (C=O) groups excluding carboxylic acids is 2. The van der Waals surface area contributed by atoms with E-state index in [0.717, 1.165) is 27.2 Å². The molecule has 2 aromatic carbocycles. The maximum absolute atomic E-state index is 13.3. The van der Waals surface area contributed by atoms with Crippen molar-refractivity contribution >= 4 is 18.0 Å². The molecule has 2 aromatic rings. The summed E-state index contributed by atoms with van der Waals surface area (Å²) in [5, 5.41) is 11.9. The lowest BCUT2D eigenvalue weighted by Crippen LogP contribution is -2.62. The molecule has 2 N–H and O–H groups in total. The topological polar surface area (TPSA) is 95.9 Å². The largest absolute Gasteiger partial charge is 0.480 e. The Balaban J connectivity index is 1.47. The second-order valence-electron chi connectivity index (χ2n) is 9.18. The summed E-state index contributed by atoms with van der Waals surface area (Å²) < 4.78 is 32.0. The van der Waals surface area contributed by atoms with Gasteiger partial charge in [0.25, 0.3) is 0 Å². The number of alkyl carbamates (subject to hydrolysis) is 1. The zero-order valence-electron chi connectivity index (χ0n) is 19.4. The summed E-state index contributed by atoms with van der Waals surface area (Å²) in [6.45, 7) is 1.48. The third kappa shape index (κ3) is 4.85. The normalized spacial score (nSPS) is 20.2. The number of carbonyl (C=O) groups is 3. The minimum absolute atomic E-state index is 0.0357. The van der Waals surface area contributed by atoms with Gasteiger partial charge in [0.05, 0.1) is 0 Å². The molecule has 1 fully saturated rings. The summed E-state index contributed by atoms with van der Waals surface area (Å²) in [7, 11) is 0. The van der Waals surface area contributed by atoms with Crippen LogP contribution in [0.15, 0.2) is 48.5 Å². The Hall–Kier alpha value is -3.49. The molecule has 1 aliphatic carbocycles. The summed E-state index contributed by atoms with van der Waals surface area (Å²) in [6.07, 6.45) is -3.44. The smallest absolute Gasteiger partial charge is 0.407 e. The first kappa shape index (κ1) is 24.6. The molecule has 0 radical (unpaired) electrons. The van der Waals surface area contributed by atoms with Gasteiger partial charge >= 0.3 is 12.1 Å². The second kappa shape index (κ2) is 10.0. The number of rotatable bonds is 7. The molecule has 7 nitrogen and oxygen atoms in total. The molecule has 4 rings (SSSR count). The fourth-order valence-electron chi connectivity index (χ4n) is 5.07. The van der Waals surface area contributed by atoms with E-state index < -0.39 is 42.4 Å². The van der Waals surface area contributed by atoms with Gasteiger partial charge in [0.1, 0.15) is 18.2 Å². The summed E-state index contributed by atoms with van der Waals surface area (Å²) in [4.78, 5) is 38.7. The number of benzene rings is 2. The Bertz CT molecular complexity index is 1080. The van der Waals surface area contributed by atoms with Crippen LogP contribution in [0.3, 0.4) is 0 Å². The van der Waals surface area contributed by atoms with Crippen LogP contribution in [0.1, 0.15) is 49.7 Å². The molecule has 35 heavy (non-hydrogen) atoms. The van der Waals surface area contributed by atoms with E-state index in [0.29, 0.717) is 12.8 Å². The first-order chi connectivity index (χ1) is 16.7. The zero-order valence-corrected chi connectivity index (χ0v) is 19.4. The van der Waals surface area contributed by atoms with Crippen LogP contribution in [0.2, 0.25) is 0 Å². The Kier molecular flexibility index (Phi) is 7.05. The number of ether oxygens (including phenoxy) is 1. The highest BCUT2D eigenvalue weighted by Crippen LogP contribution is 2.44. The molecule has 0 spiro atoms. The molecule has 2 aliphatic rings. The van der Waals surface area contributed by atoms with Gasteiger partial charge in [0, 0.05) is 18.9 Å². The van der Waals surface area contributed by atoms with Crippen LogP contribution in [0, 0.1) is 0 Å². The van der Waals surface area contributed by atoms with Gasteiger partial charge in [-0.2, -0.15) is 0 Å². The Morgan fingerprint density at radius 3 is 2.26 bits per heavy atom. The Morgan fingerprint density at radius 2 is 1.69 bits per heavy atom. The SMILES string of the molecule is CC1(C(=O)O)CCCCN1C(=O)C(CC(F)F)NC(=O)OCC1c2ccccc2-c2ccccc21. The van der Waals surface area contributed by atoms with Crippen LogP contribution in [-0.2, 0) is 14.3 Å². The summed E-state index contributed by atoms with van der Waals surface area (Å²) in [5.41, 5.74) is 2.56. The molecule has 9 heteroatoms. The average molecular weight is 487 g/mol. The molecular formula is C26H28F2N2O5. The molecular weight excluding hydrogens is 458 g/mol. The minimum Gasteiger partial charge on any atom is -0.480 e. The van der Waals surface area contributed by atoms with Crippen LogP contribution in [0.25, 0.3) is 11.1 Å². The van der Waals surface area contributed by atoms with Crippen molar-refractivity contribution in [2.24, 2.45) is 0 Å². The number of piperidine rings is 1. The van der Waals surface area contributed by atoms with Crippen LogP contribution in [0.5, 0.6) is 0 Å². The van der Waals surface area contributed by atoms with Crippen molar-refractivity contribution in [3.8, 4) is 11.1 Å². The van der Waals surface area contributed by atoms with Gasteiger partial charge in [0.2, 0.25) is 12.3 Å². The van der Waals surface area contributed by atoms with E-state index >= 15 is 0 Å². The van der Waals surface area contributed by atoms with Gasteiger partial charge in [-0.1, -0.05) is 48.5 Å². The highest BCUT2D eigenvalue weighted by Gasteiger charge is 2.46. The van der Waals surface area contributed by atoms with Crippen molar-refractivity contribution in [3.63, 3.8) is 0 Å². The number of carboxylic acids is 1. The zero-order chi connectivity index (χ0) is 25.2. The lowest BCUT2D eigenvalue weighted by molar-refractivity contribution is -0.162. The third-order valence-electron chi connectivity index (χ3n) is 6.97. The highest BCUT2D eigenvalue weighted by atomic mass is 19.3. The molecule has 0 saturated carbocycles. The lowest BCUT2D eigenvalue weighted by Gasteiger charge is -2.43. The number of nitrogens with zero attached hydrogens (tertiary/aromatic N) is 1. The number of likely N-dealkylation sites (tertiary alicyclic amines) is 1. The van der Waals surface area contributed by atoms with Crippen molar-refractivity contribution in [2.75, 3.05) is 13.2 Å². The van der Waals surface area contributed by atoms with E-state index in [-0.39, 0.29) is 25.5 Å². The first-order valence-electron chi connectivity index (χ1n) is 11.7.